The average molecular weight is 380 g/mol. The number of pyridine rings is 1. The standard InChI is InChI=1S/C21H18ClN3O2/c1-27-20(26)18-11-5-9-16(23-18)13-21(15-7-3-2-4-8-15)14-17-10-6-12-19(22)25(17)24-21/h2-12,14,24H,13H2,1H3. The molecule has 3 heterocycles. The molecule has 2 aliphatic rings. The maximum absolute atomic E-state index is 11.8. The summed E-state index contributed by atoms with van der Waals surface area (Å²) in [6, 6.07) is 15.5. The molecule has 0 fully saturated rings. The largest absolute Gasteiger partial charge is 0.464 e. The predicted molar refractivity (Wildman–Crippen MR) is 104 cm³/mol. The van der Waals surface area contributed by atoms with Gasteiger partial charge < -0.3 is 4.74 Å². The number of aromatic nitrogens is 1. The molecular weight excluding hydrogens is 362 g/mol. The van der Waals surface area contributed by atoms with Crippen molar-refractivity contribution in [1.29, 1.82) is 0 Å². The summed E-state index contributed by atoms with van der Waals surface area (Å²) in [7, 11) is 1.35. The van der Waals surface area contributed by atoms with E-state index in [1.165, 1.54) is 7.11 Å². The predicted octanol–water partition coefficient (Wildman–Crippen LogP) is 3.66. The van der Waals surface area contributed by atoms with Crippen LogP contribution in [0.4, 0.5) is 0 Å². The SMILES string of the molecule is COC(=O)c1cccc(CC2(c3ccccc3)C=C3C=CC=C(Cl)N3N2)n1. The second-order valence-electron chi connectivity index (χ2n) is 6.38. The minimum absolute atomic E-state index is 0.291. The number of hydrazine groups is 1. The van der Waals surface area contributed by atoms with Crippen molar-refractivity contribution >= 4 is 17.6 Å². The molecule has 1 unspecified atom stereocenters. The number of hydrogen-bond acceptors (Lipinski definition) is 5. The first kappa shape index (κ1) is 17.5. The number of allylic oxidation sites excluding steroid dienone is 3. The highest BCUT2D eigenvalue weighted by Crippen LogP contribution is 2.38. The molecule has 136 valence electrons. The van der Waals surface area contributed by atoms with Gasteiger partial charge in [-0.25, -0.2) is 15.2 Å². The van der Waals surface area contributed by atoms with E-state index >= 15 is 0 Å². The molecule has 1 N–H and O–H groups in total. The molecule has 2 aromatic rings. The fourth-order valence-electron chi connectivity index (χ4n) is 3.37. The molecule has 0 spiro atoms. The summed E-state index contributed by atoms with van der Waals surface area (Å²) in [5.74, 6) is -0.449. The monoisotopic (exact) mass is 379 g/mol. The van der Waals surface area contributed by atoms with Gasteiger partial charge in [0.05, 0.1) is 18.3 Å². The molecule has 0 radical (unpaired) electrons. The Balaban J connectivity index is 1.76. The summed E-state index contributed by atoms with van der Waals surface area (Å²) in [6.07, 6.45) is 8.44. The van der Waals surface area contributed by atoms with Crippen molar-refractivity contribution in [3.8, 4) is 0 Å². The zero-order valence-electron chi connectivity index (χ0n) is 14.7. The second-order valence-corrected chi connectivity index (χ2v) is 6.77. The summed E-state index contributed by atoms with van der Waals surface area (Å²) in [6.45, 7) is 0. The van der Waals surface area contributed by atoms with Crippen LogP contribution in [0.25, 0.3) is 0 Å². The topological polar surface area (TPSA) is 54.5 Å². The van der Waals surface area contributed by atoms with Gasteiger partial charge in [0.1, 0.15) is 10.9 Å². The Hall–Kier alpha value is -2.89. The quantitative estimate of drug-likeness (QED) is 0.649. The van der Waals surface area contributed by atoms with Gasteiger partial charge in [-0.1, -0.05) is 54.1 Å². The molecule has 27 heavy (non-hydrogen) atoms. The lowest BCUT2D eigenvalue weighted by Crippen LogP contribution is -2.45. The smallest absolute Gasteiger partial charge is 0.356 e. The summed E-state index contributed by atoms with van der Waals surface area (Å²) in [5.41, 5.74) is 6.09. The van der Waals surface area contributed by atoms with Gasteiger partial charge in [-0.3, -0.25) is 5.01 Å². The Morgan fingerprint density at radius 1 is 1.22 bits per heavy atom. The van der Waals surface area contributed by atoms with Gasteiger partial charge in [0.15, 0.2) is 0 Å². The minimum Gasteiger partial charge on any atom is -0.464 e. The molecule has 6 heteroatoms. The Morgan fingerprint density at radius 3 is 2.78 bits per heavy atom. The van der Waals surface area contributed by atoms with Gasteiger partial charge in [-0.15, -0.1) is 0 Å². The summed E-state index contributed by atoms with van der Waals surface area (Å²) >= 11 is 6.38. The fraction of sp³-hybridized carbons (Fsp3) is 0.143. The Morgan fingerprint density at radius 2 is 2.04 bits per heavy atom. The van der Waals surface area contributed by atoms with E-state index in [2.05, 4.69) is 28.6 Å². The maximum Gasteiger partial charge on any atom is 0.356 e. The number of fused-ring (bicyclic) bond motifs is 1. The summed E-state index contributed by atoms with van der Waals surface area (Å²) < 4.78 is 4.79. The van der Waals surface area contributed by atoms with Crippen LogP contribution in [0.1, 0.15) is 21.7 Å². The highest BCUT2D eigenvalue weighted by molar-refractivity contribution is 6.29. The van der Waals surface area contributed by atoms with E-state index in [0.29, 0.717) is 17.3 Å². The normalized spacial score (nSPS) is 20.7. The van der Waals surface area contributed by atoms with Gasteiger partial charge in [0.25, 0.3) is 0 Å². The molecule has 0 bridgehead atoms. The van der Waals surface area contributed by atoms with Gasteiger partial charge in [-0.2, -0.15) is 0 Å². The molecule has 1 aromatic heterocycles. The van der Waals surface area contributed by atoms with E-state index in [9.17, 15) is 4.79 Å². The Labute approximate surface area is 162 Å². The first-order valence-electron chi connectivity index (χ1n) is 8.56. The number of hydrogen-bond donors (Lipinski definition) is 1. The van der Waals surface area contributed by atoms with Crippen LogP contribution in [0.3, 0.4) is 0 Å². The number of nitrogens with zero attached hydrogens (tertiary/aromatic N) is 2. The van der Waals surface area contributed by atoms with Crippen LogP contribution in [0.5, 0.6) is 0 Å². The van der Waals surface area contributed by atoms with Crippen molar-refractivity contribution in [1.82, 2.24) is 15.4 Å². The highest BCUT2D eigenvalue weighted by Gasteiger charge is 2.40. The van der Waals surface area contributed by atoms with Crippen LogP contribution >= 0.6 is 11.6 Å². The molecule has 4 rings (SSSR count). The molecular formula is C21H18ClN3O2. The van der Waals surface area contributed by atoms with Gasteiger partial charge in [-0.05, 0) is 35.9 Å². The van der Waals surface area contributed by atoms with Crippen LogP contribution in [-0.4, -0.2) is 23.1 Å². The molecule has 0 saturated heterocycles. The van der Waals surface area contributed by atoms with Crippen molar-refractivity contribution in [3.05, 3.63) is 101 Å². The van der Waals surface area contributed by atoms with E-state index in [1.54, 1.807) is 6.07 Å². The second kappa shape index (κ2) is 7.02. The van der Waals surface area contributed by atoms with E-state index in [4.69, 9.17) is 16.3 Å². The number of ether oxygens (including phenoxy) is 1. The zero-order valence-corrected chi connectivity index (χ0v) is 15.5. The molecule has 0 amide bonds. The first-order valence-corrected chi connectivity index (χ1v) is 8.93. The van der Waals surface area contributed by atoms with Crippen molar-refractivity contribution in [2.75, 3.05) is 7.11 Å². The van der Waals surface area contributed by atoms with Gasteiger partial charge in [0.2, 0.25) is 0 Å². The number of halogens is 1. The number of methoxy groups -OCH3 is 1. The van der Waals surface area contributed by atoms with Crippen LogP contribution in [-0.2, 0) is 16.7 Å². The molecule has 0 saturated carbocycles. The third kappa shape index (κ3) is 3.27. The Kier molecular flexibility index (Phi) is 4.56. The average Bonchev–Trinajstić information content (AvgIpc) is 3.09. The summed E-state index contributed by atoms with van der Waals surface area (Å²) in [4.78, 5) is 16.3. The third-order valence-electron chi connectivity index (χ3n) is 4.63. The fourth-order valence-corrected chi connectivity index (χ4v) is 3.58. The van der Waals surface area contributed by atoms with Crippen LogP contribution in [0.2, 0.25) is 0 Å². The molecule has 5 nitrogen and oxygen atoms in total. The van der Waals surface area contributed by atoms with Crippen LogP contribution in [0, 0.1) is 0 Å². The lowest BCUT2D eigenvalue weighted by Gasteiger charge is -2.32. The lowest BCUT2D eigenvalue weighted by molar-refractivity contribution is 0.0593. The number of benzene rings is 1. The van der Waals surface area contributed by atoms with Crippen LogP contribution in [0.15, 0.2) is 83.7 Å². The van der Waals surface area contributed by atoms with Crippen LogP contribution < -0.4 is 5.43 Å². The highest BCUT2D eigenvalue weighted by atomic mass is 35.5. The Bertz CT molecular complexity index is 968. The van der Waals surface area contributed by atoms with E-state index in [-0.39, 0.29) is 0 Å². The number of nitrogens with one attached hydrogen (secondary N) is 1. The molecule has 0 aliphatic carbocycles. The number of carbonyl (C=O) groups excluding carboxylic acids is 1. The van der Waals surface area contributed by atoms with E-state index in [0.717, 1.165) is 17.0 Å². The van der Waals surface area contributed by atoms with Gasteiger partial charge in [0, 0.05) is 12.1 Å². The third-order valence-corrected chi connectivity index (χ3v) is 4.92. The molecule has 1 atom stereocenters. The number of rotatable bonds is 4. The lowest BCUT2D eigenvalue weighted by atomic mass is 9.85. The zero-order chi connectivity index (χ0) is 18.9. The molecule has 1 aromatic carbocycles. The maximum atomic E-state index is 11.8. The van der Waals surface area contributed by atoms with E-state index < -0.39 is 11.5 Å². The minimum atomic E-state index is -0.541. The molecule has 2 aliphatic heterocycles. The van der Waals surface area contributed by atoms with Crippen molar-refractivity contribution in [2.45, 2.75) is 12.0 Å². The van der Waals surface area contributed by atoms with Gasteiger partial charge >= 0.3 is 5.97 Å². The number of esters is 1. The number of carbonyl (C=O) groups is 1. The summed E-state index contributed by atoms with van der Waals surface area (Å²) in [5, 5.41) is 2.46. The van der Waals surface area contributed by atoms with E-state index in [1.807, 2.05) is 53.6 Å². The van der Waals surface area contributed by atoms with Crippen molar-refractivity contribution in [2.24, 2.45) is 0 Å². The first-order chi connectivity index (χ1) is 13.1. The van der Waals surface area contributed by atoms with Crippen molar-refractivity contribution < 1.29 is 9.53 Å². The van der Waals surface area contributed by atoms with Crippen molar-refractivity contribution in [3.63, 3.8) is 0 Å².